The SMILES string of the molecule is COc1cc2nccc(Oc3ccc(N(Cc4ccccn4)C(N)=O)c(F)c3)c2cc1OC. The minimum Gasteiger partial charge on any atom is -0.493 e. The van der Waals surface area contributed by atoms with Crippen LogP contribution < -0.4 is 24.8 Å². The van der Waals surface area contributed by atoms with Crippen molar-refractivity contribution >= 4 is 22.6 Å². The average molecular weight is 448 g/mol. The summed E-state index contributed by atoms with van der Waals surface area (Å²) >= 11 is 0. The van der Waals surface area contributed by atoms with E-state index < -0.39 is 11.8 Å². The second-order valence-corrected chi connectivity index (χ2v) is 6.99. The van der Waals surface area contributed by atoms with Crippen molar-refractivity contribution in [3.63, 3.8) is 0 Å². The van der Waals surface area contributed by atoms with E-state index in [4.69, 9.17) is 19.9 Å². The van der Waals surface area contributed by atoms with Gasteiger partial charge in [-0.2, -0.15) is 0 Å². The summed E-state index contributed by atoms with van der Waals surface area (Å²) in [6.45, 7) is 0.0317. The lowest BCUT2D eigenvalue weighted by Crippen LogP contribution is -2.36. The molecule has 0 atom stereocenters. The Labute approximate surface area is 189 Å². The Morgan fingerprint density at radius 1 is 0.970 bits per heavy atom. The van der Waals surface area contributed by atoms with Crippen LogP contribution in [-0.4, -0.2) is 30.2 Å². The molecule has 9 heteroatoms. The van der Waals surface area contributed by atoms with Gasteiger partial charge in [0.25, 0.3) is 0 Å². The van der Waals surface area contributed by atoms with Gasteiger partial charge in [-0.25, -0.2) is 9.18 Å². The fourth-order valence-corrected chi connectivity index (χ4v) is 3.37. The van der Waals surface area contributed by atoms with Crippen molar-refractivity contribution in [1.29, 1.82) is 0 Å². The highest BCUT2D eigenvalue weighted by atomic mass is 19.1. The van der Waals surface area contributed by atoms with Gasteiger partial charge in [0.1, 0.15) is 11.5 Å². The highest BCUT2D eigenvalue weighted by molar-refractivity contribution is 5.91. The number of ether oxygens (including phenoxy) is 3. The topological polar surface area (TPSA) is 99.8 Å². The zero-order valence-corrected chi connectivity index (χ0v) is 18.0. The molecule has 33 heavy (non-hydrogen) atoms. The largest absolute Gasteiger partial charge is 0.493 e. The van der Waals surface area contributed by atoms with E-state index in [2.05, 4.69) is 9.97 Å². The quantitative estimate of drug-likeness (QED) is 0.441. The monoisotopic (exact) mass is 448 g/mol. The first-order valence-corrected chi connectivity index (χ1v) is 9.95. The summed E-state index contributed by atoms with van der Waals surface area (Å²) in [5.74, 6) is 1.06. The molecule has 2 N–H and O–H groups in total. The van der Waals surface area contributed by atoms with Crippen LogP contribution in [0.3, 0.4) is 0 Å². The summed E-state index contributed by atoms with van der Waals surface area (Å²) in [5, 5.41) is 0.661. The molecule has 0 aliphatic heterocycles. The molecule has 2 heterocycles. The molecule has 0 aliphatic carbocycles. The number of pyridine rings is 2. The molecular weight excluding hydrogens is 427 g/mol. The predicted octanol–water partition coefficient (Wildman–Crippen LogP) is 4.66. The van der Waals surface area contributed by atoms with Crippen molar-refractivity contribution < 1.29 is 23.4 Å². The Kier molecular flexibility index (Phi) is 6.21. The summed E-state index contributed by atoms with van der Waals surface area (Å²) in [4.78, 5) is 21.6. The smallest absolute Gasteiger partial charge is 0.319 e. The number of rotatable bonds is 7. The highest BCUT2D eigenvalue weighted by Gasteiger charge is 2.19. The Morgan fingerprint density at radius 3 is 2.42 bits per heavy atom. The lowest BCUT2D eigenvalue weighted by molar-refractivity contribution is 0.253. The van der Waals surface area contributed by atoms with Crippen molar-refractivity contribution in [3.05, 3.63) is 78.5 Å². The van der Waals surface area contributed by atoms with Gasteiger partial charge in [-0.1, -0.05) is 6.07 Å². The maximum absolute atomic E-state index is 15.0. The number of benzene rings is 2. The third-order valence-electron chi connectivity index (χ3n) is 4.96. The number of nitrogens with zero attached hydrogens (tertiary/aromatic N) is 3. The number of hydrogen-bond donors (Lipinski definition) is 1. The molecule has 2 amide bonds. The van der Waals surface area contributed by atoms with Gasteiger partial charge in [0.15, 0.2) is 17.3 Å². The molecule has 0 saturated heterocycles. The van der Waals surface area contributed by atoms with Gasteiger partial charge < -0.3 is 19.9 Å². The van der Waals surface area contributed by atoms with Gasteiger partial charge in [-0.05, 0) is 36.4 Å². The van der Waals surface area contributed by atoms with Gasteiger partial charge in [0.2, 0.25) is 0 Å². The summed E-state index contributed by atoms with van der Waals surface area (Å²) < 4.78 is 31.6. The van der Waals surface area contributed by atoms with Crippen LogP contribution in [0.1, 0.15) is 5.69 Å². The van der Waals surface area contributed by atoms with Gasteiger partial charge in [0, 0.05) is 29.9 Å². The zero-order valence-electron chi connectivity index (χ0n) is 18.0. The van der Waals surface area contributed by atoms with Crippen LogP contribution >= 0.6 is 0 Å². The first kappa shape index (κ1) is 21.8. The van der Waals surface area contributed by atoms with Gasteiger partial charge in [0.05, 0.1) is 37.7 Å². The molecule has 2 aromatic carbocycles. The second-order valence-electron chi connectivity index (χ2n) is 6.99. The summed E-state index contributed by atoms with van der Waals surface area (Å²) in [7, 11) is 3.07. The van der Waals surface area contributed by atoms with Crippen LogP contribution in [0.15, 0.2) is 67.0 Å². The molecule has 0 fully saturated rings. The van der Waals surface area contributed by atoms with Crippen molar-refractivity contribution in [2.75, 3.05) is 19.1 Å². The van der Waals surface area contributed by atoms with Crippen LogP contribution in [-0.2, 0) is 6.54 Å². The van der Waals surface area contributed by atoms with E-state index in [1.54, 1.807) is 54.9 Å². The number of anilines is 1. The summed E-state index contributed by atoms with van der Waals surface area (Å²) in [6, 6.07) is 13.8. The standard InChI is InChI=1S/C24H21FN4O4/c1-31-22-12-17-19(13-23(22)32-2)28-10-8-21(17)33-16-6-7-20(18(25)11-16)29(24(26)30)14-15-5-3-4-9-27-15/h3-13H,14H2,1-2H3,(H2,26,30). The third-order valence-corrected chi connectivity index (χ3v) is 4.96. The number of methoxy groups -OCH3 is 2. The fraction of sp³-hybridized carbons (Fsp3) is 0.125. The number of nitrogens with two attached hydrogens (primary N) is 1. The first-order chi connectivity index (χ1) is 16.0. The molecule has 4 rings (SSSR count). The van der Waals surface area contributed by atoms with Crippen molar-refractivity contribution in [1.82, 2.24) is 9.97 Å². The van der Waals surface area contributed by atoms with Crippen LogP contribution in [0.5, 0.6) is 23.0 Å². The Hall–Kier alpha value is -4.40. The van der Waals surface area contributed by atoms with Gasteiger partial charge in [-0.3, -0.25) is 14.9 Å². The molecule has 4 aromatic rings. The van der Waals surface area contributed by atoms with Crippen molar-refractivity contribution in [2.24, 2.45) is 5.73 Å². The fourth-order valence-electron chi connectivity index (χ4n) is 3.37. The van der Waals surface area contributed by atoms with E-state index in [-0.39, 0.29) is 18.0 Å². The molecule has 168 valence electrons. The number of carbonyl (C=O) groups excluding carboxylic acids is 1. The second kappa shape index (κ2) is 9.39. The number of urea groups is 1. The molecule has 8 nitrogen and oxygen atoms in total. The molecule has 0 spiro atoms. The number of amides is 2. The Morgan fingerprint density at radius 2 is 1.76 bits per heavy atom. The average Bonchev–Trinajstić information content (AvgIpc) is 2.83. The molecule has 0 radical (unpaired) electrons. The number of hydrogen-bond acceptors (Lipinski definition) is 6. The molecule has 2 aromatic heterocycles. The number of fused-ring (bicyclic) bond motifs is 1. The van der Waals surface area contributed by atoms with Gasteiger partial charge in [-0.15, -0.1) is 0 Å². The normalized spacial score (nSPS) is 10.6. The molecule has 0 saturated carbocycles. The number of aromatic nitrogens is 2. The summed E-state index contributed by atoms with van der Waals surface area (Å²) in [6.07, 6.45) is 3.17. The van der Waals surface area contributed by atoms with E-state index in [9.17, 15) is 9.18 Å². The van der Waals surface area contributed by atoms with Crippen LogP contribution in [0, 0.1) is 5.82 Å². The van der Waals surface area contributed by atoms with Crippen LogP contribution in [0.25, 0.3) is 10.9 Å². The molecule has 0 unspecified atom stereocenters. The Balaban J connectivity index is 1.64. The molecule has 0 aliphatic rings. The van der Waals surface area contributed by atoms with E-state index in [0.29, 0.717) is 33.8 Å². The van der Waals surface area contributed by atoms with Crippen LogP contribution in [0.2, 0.25) is 0 Å². The third kappa shape index (κ3) is 4.62. The van der Waals surface area contributed by atoms with Crippen molar-refractivity contribution in [3.8, 4) is 23.0 Å². The van der Waals surface area contributed by atoms with Gasteiger partial charge >= 0.3 is 6.03 Å². The minimum absolute atomic E-state index is 0.0199. The highest BCUT2D eigenvalue weighted by Crippen LogP contribution is 2.37. The molecular formula is C24H21FN4O4. The predicted molar refractivity (Wildman–Crippen MR) is 121 cm³/mol. The number of primary amides is 1. The summed E-state index contributed by atoms with van der Waals surface area (Å²) in [5.41, 5.74) is 6.71. The van der Waals surface area contributed by atoms with E-state index in [1.807, 2.05) is 0 Å². The maximum atomic E-state index is 15.0. The van der Waals surface area contributed by atoms with E-state index in [1.165, 1.54) is 26.4 Å². The number of halogens is 1. The van der Waals surface area contributed by atoms with Crippen LogP contribution in [0.4, 0.5) is 14.9 Å². The van der Waals surface area contributed by atoms with E-state index in [0.717, 1.165) is 4.90 Å². The lowest BCUT2D eigenvalue weighted by atomic mass is 10.1. The number of carbonyl (C=O) groups is 1. The molecule has 0 bridgehead atoms. The zero-order chi connectivity index (χ0) is 23.4. The first-order valence-electron chi connectivity index (χ1n) is 9.95. The minimum atomic E-state index is -0.797. The van der Waals surface area contributed by atoms with Crippen molar-refractivity contribution in [2.45, 2.75) is 6.54 Å². The Bertz CT molecular complexity index is 1300. The maximum Gasteiger partial charge on any atom is 0.319 e. The lowest BCUT2D eigenvalue weighted by Gasteiger charge is -2.21. The van der Waals surface area contributed by atoms with E-state index >= 15 is 0 Å².